The fraction of sp³-hybridized carbons (Fsp3) is 0.433. The second kappa shape index (κ2) is 13.5. The molecular weight excluding hydrogens is 515 g/mol. The molecule has 0 saturated heterocycles. The molecule has 0 bridgehead atoms. The lowest BCUT2D eigenvalue weighted by Crippen LogP contribution is -2.60. The van der Waals surface area contributed by atoms with Crippen LogP contribution in [0.5, 0.6) is 5.75 Å². The summed E-state index contributed by atoms with van der Waals surface area (Å²) >= 11 is 0. The summed E-state index contributed by atoms with van der Waals surface area (Å²) in [6, 6.07) is 10.4. The normalized spacial score (nSPS) is 24.1. The van der Waals surface area contributed by atoms with Gasteiger partial charge >= 0.3 is 0 Å². The Labute approximate surface area is 233 Å². The van der Waals surface area contributed by atoms with E-state index in [4.69, 9.17) is 4.74 Å². The number of amides is 3. The lowest BCUT2D eigenvalue weighted by atomic mass is 10.0. The fourth-order valence-corrected chi connectivity index (χ4v) is 4.88. The summed E-state index contributed by atoms with van der Waals surface area (Å²) < 4.78 is 19.5. The van der Waals surface area contributed by atoms with Gasteiger partial charge in [0.25, 0.3) is 0 Å². The Hall–Kier alpha value is -3.76. The van der Waals surface area contributed by atoms with Crippen molar-refractivity contribution in [3.05, 3.63) is 71.6 Å². The van der Waals surface area contributed by atoms with E-state index in [0.29, 0.717) is 24.5 Å². The highest BCUT2D eigenvalue weighted by Crippen LogP contribution is 2.33. The van der Waals surface area contributed by atoms with Crippen molar-refractivity contribution in [2.75, 3.05) is 26.7 Å². The number of benzene rings is 2. The number of hydrogen-bond acceptors (Lipinski definition) is 6. The van der Waals surface area contributed by atoms with Crippen molar-refractivity contribution in [2.24, 2.45) is 5.92 Å². The average molecular weight is 553 g/mol. The summed E-state index contributed by atoms with van der Waals surface area (Å²) in [6.45, 7) is 2.36. The molecule has 9 nitrogen and oxygen atoms in total. The molecule has 4 atom stereocenters. The molecule has 214 valence electrons. The maximum Gasteiger partial charge on any atom is 0.246 e. The highest BCUT2D eigenvalue weighted by molar-refractivity contribution is 5.93. The lowest BCUT2D eigenvalue weighted by Gasteiger charge is -2.33. The van der Waals surface area contributed by atoms with Gasteiger partial charge in [0, 0.05) is 32.1 Å². The number of aliphatic hydroxyl groups excluding tert-OH is 1. The molecule has 1 saturated carbocycles. The third-order valence-electron chi connectivity index (χ3n) is 7.17. The van der Waals surface area contributed by atoms with Crippen LogP contribution in [0, 0.1) is 11.7 Å². The third kappa shape index (κ3) is 7.67. The van der Waals surface area contributed by atoms with E-state index in [2.05, 4.69) is 16.0 Å². The third-order valence-corrected chi connectivity index (χ3v) is 7.17. The number of ether oxygens (including phenoxy) is 1. The van der Waals surface area contributed by atoms with E-state index < -0.39 is 41.9 Å². The summed E-state index contributed by atoms with van der Waals surface area (Å²) in [6.07, 6.45) is 4.29. The Balaban J connectivity index is 1.62. The largest absolute Gasteiger partial charge is 0.492 e. The van der Waals surface area contributed by atoms with Crippen LogP contribution in [0.3, 0.4) is 0 Å². The van der Waals surface area contributed by atoms with Crippen LogP contribution in [-0.4, -0.2) is 78.7 Å². The molecule has 1 heterocycles. The van der Waals surface area contributed by atoms with Crippen LogP contribution in [0.15, 0.2) is 54.6 Å². The quantitative estimate of drug-likeness (QED) is 0.458. The molecule has 0 aromatic heterocycles. The Morgan fingerprint density at radius 3 is 2.50 bits per heavy atom. The second-order valence-corrected chi connectivity index (χ2v) is 10.3. The maximum absolute atomic E-state index is 13.6. The molecule has 2 aliphatic rings. The first-order chi connectivity index (χ1) is 19.2. The Morgan fingerprint density at radius 2 is 1.80 bits per heavy atom. The van der Waals surface area contributed by atoms with Gasteiger partial charge < -0.3 is 30.7 Å². The van der Waals surface area contributed by atoms with Gasteiger partial charge in [-0.1, -0.05) is 42.5 Å². The van der Waals surface area contributed by atoms with Crippen molar-refractivity contribution in [3.63, 3.8) is 0 Å². The molecule has 10 heteroatoms. The van der Waals surface area contributed by atoms with Crippen molar-refractivity contribution < 1.29 is 28.6 Å². The molecule has 40 heavy (non-hydrogen) atoms. The number of para-hydroxylation sites is 1. The summed E-state index contributed by atoms with van der Waals surface area (Å²) in [4.78, 5) is 41.5. The number of halogens is 1. The van der Waals surface area contributed by atoms with Crippen molar-refractivity contribution >= 4 is 23.8 Å². The van der Waals surface area contributed by atoms with E-state index in [1.165, 1.54) is 31.0 Å². The molecule has 1 unspecified atom stereocenters. The smallest absolute Gasteiger partial charge is 0.246 e. The Morgan fingerprint density at radius 1 is 1.07 bits per heavy atom. The van der Waals surface area contributed by atoms with Crippen LogP contribution in [-0.2, 0) is 20.8 Å². The number of nitrogens with zero attached hydrogens (tertiary/aromatic N) is 1. The number of aliphatic hydroxyl groups is 1. The van der Waals surface area contributed by atoms with Crippen LogP contribution >= 0.6 is 0 Å². The van der Waals surface area contributed by atoms with Gasteiger partial charge in [0.15, 0.2) is 0 Å². The molecule has 4 N–H and O–H groups in total. The minimum atomic E-state index is -1.22. The van der Waals surface area contributed by atoms with Gasteiger partial charge in [-0.25, -0.2) is 4.39 Å². The number of hydrogen-bond donors (Lipinski definition) is 4. The van der Waals surface area contributed by atoms with Crippen LogP contribution in [0.4, 0.5) is 4.39 Å². The van der Waals surface area contributed by atoms with Crippen LogP contribution < -0.4 is 20.7 Å². The molecule has 2 aromatic rings. The molecule has 4 rings (SSSR count). The molecule has 0 radical (unpaired) electrons. The molecular formula is C30H37FN4O5. The SMILES string of the molecule is CC(O)[C@H]1C(=O)N[C@H](Cc2ccc(F)cc2)C(=O)NCC=Cc2ccccc2OCCN[C@@H](C2CC2)C(=O)N1C. The molecule has 0 spiro atoms. The maximum atomic E-state index is 13.6. The van der Waals surface area contributed by atoms with Crippen molar-refractivity contribution in [1.82, 2.24) is 20.9 Å². The van der Waals surface area contributed by atoms with E-state index in [0.717, 1.165) is 18.4 Å². The number of likely N-dealkylation sites (N-methyl/N-ethyl adjacent to an activating group) is 1. The highest BCUT2D eigenvalue weighted by atomic mass is 19.1. The van der Waals surface area contributed by atoms with Gasteiger partial charge in [0.2, 0.25) is 17.7 Å². The van der Waals surface area contributed by atoms with E-state index >= 15 is 0 Å². The first-order valence-electron chi connectivity index (χ1n) is 13.6. The fourth-order valence-electron chi connectivity index (χ4n) is 4.88. The van der Waals surface area contributed by atoms with Crippen molar-refractivity contribution in [3.8, 4) is 5.75 Å². The summed E-state index contributed by atoms with van der Waals surface area (Å²) in [7, 11) is 1.49. The number of nitrogens with one attached hydrogen (secondary N) is 3. The summed E-state index contributed by atoms with van der Waals surface area (Å²) in [5.74, 6) is -1.03. The van der Waals surface area contributed by atoms with Crippen LogP contribution in [0.2, 0.25) is 0 Å². The van der Waals surface area contributed by atoms with E-state index in [9.17, 15) is 23.9 Å². The Kier molecular flexibility index (Phi) is 9.89. The summed E-state index contributed by atoms with van der Waals surface area (Å²) in [5, 5.41) is 19.4. The lowest BCUT2D eigenvalue weighted by molar-refractivity contribution is -0.145. The topological polar surface area (TPSA) is 120 Å². The average Bonchev–Trinajstić information content (AvgIpc) is 3.77. The zero-order valence-electron chi connectivity index (χ0n) is 22.8. The van der Waals surface area contributed by atoms with Crippen molar-refractivity contribution in [2.45, 2.75) is 50.4 Å². The van der Waals surface area contributed by atoms with Crippen LogP contribution in [0.25, 0.3) is 6.08 Å². The number of fused-ring (bicyclic) bond motifs is 1. The van der Waals surface area contributed by atoms with Gasteiger partial charge in [0.05, 0.1) is 12.1 Å². The first-order valence-corrected chi connectivity index (χ1v) is 13.6. The monoisotopic (exact) mass is 552 g/mol. The summed E-state index contributed by atoms with van der Waals surface area (Å²) in [5.41, 5.74) is 1.48. The zero-order chi connectivity index (χ0) is 28.6. The number of rotatable bonds is 4. The molecule has 3 amide bonds. The number of carbonyl (C=O) groups excluding carboxylic acids is 3. The van der Waals surface area contributed by atoms with E-state index in [-0.39, 0.29) is 24.8 Å². The van der Waals surface area contributed by atoms with Gasteiger partial charge in [-0.15, -0.1) is 0 Å². The molecule has 1 aliphatic carbocycles. The highest BCUT2D eigenvalue weighted by Gasteiger charge is 2.41. The van der Waals surface area contributed by atoms with Gasteiger partial charge in [-0.05, 0) is 49.4 Å². The Bertz CT molecular complexity index is 1210. The molecule has 2 aromatic carbocycles. The van der Waals surface area contributed by atoms with Gasteiger partial charge in [-0.3, -0.25) is 14.4 Å². The molecule has 1 aliphatic heterocycles. The van der Waals surface area contributed by atoms with Gasteiger partial charge in [-0.2, -0.15) is 0 Å². The van der Waals surface area contributed by atoms with Gasteiger partial charge in [0.1, 0.15) is 30.3 Å². The predicted octanol–water partition coefficient (Wildman–Crippen LogP) is 1.65. The predicted molar refractivity (Wildman–Crippen MR) is 149 cm³/mol. The van der Waals surface area contributed by atoms with E-state index in [1.54, 1.807) is 18.2 Å². The molecule has 1 fully saturated rings. The van der Waals surface area contributed by atoms with E-state index in [1.807, 2.05) is 30.3 Å². The minimum absolute atomic E-state index is 0.0920. The standard InChI is InChI=1S/C30H37FN4O5/c1-19(36)27-29(38)34-24(18-20-9-13-23(31)14-10-20)28(37)33-15-5-7-21-6-3-4-8-25(21)40-17-16-32-26(22-11-12-22)30(39)35(27)2/h3-10,13-14,19,22,24,26-27,32,36H,11-12,15-18H2,1-2H3,(H,33,37)(H,34,38)/t19?,24-,26+,27+/m1/s1. The number of carbonyl (C=O) groups is 3. The van der Waals surface area contributed by atoms with Crippen molar-refractivity contribution in [1.29, 1.82) is 0 Å². The second-order valence-electron chi connectivity index (χ2n) is 10.3. The zero-order valence-corrected chi connectivity index (χ0v) is 22.8. The first kappa shape index (κ1) is 29.2. The minimum Gasteiger partial charge on any atom is -0.492 e. The van der Waals surface area contributed by atoms with Crippen LogP contribution in [0.1, 0.15) is 30.9 Å².